The minimum Gasteiger partial charge on any atom is -0.279 e. The summed E-state index contributed by atoms with van der Waals surface area (Å²) in [5.74, 6) is 0. The van der Waals surface area contributed by atoms with Crippen LogP contribution in [0.1, 0.15) is 10.4 Å². The summed E-state index contributed by atoms with van der Waals surface area (Å²) in [6, 6.07) is 5.83. The summed E-state index contributed by atoms with van der Waals surface area (Å²) in [7, 11) is 1.51. The first kappa shape index (κ1) is 14.2. The third kappa shape index (κ3) is 2.11. The molecule has 0 aliphatic rings. The van der Waals surface area contributed by atoms with Crippen molar-refractivity contribution in [3.63, 3.8) is 0 Å². The molecule has 0 N–H and O–H groups in total. The fraction of sp³-hybridized carbons (Fsp3) is 0.0714. The van der Waals surface area contributed by atoms with Crippen LogP contribution in [0.15, 0.2) is 46.2 Å². The van der Waals surface area contributed by atoms with Crippen molar-refractivity contribution in [1.29, 1.82) is 0 Å². The summed E-state index contributed by atoms with van der Waals surface area (Å²) in [5.41, 5.74) is -0.238. The smallest absolute Gasteiger partial charge is 0.279 e. The molecule has 0 aliphatic heterocycles. The van der Waals surface area contributed by atoms with Crippen LogP contribution in [0.5, 0.6) is 0 Å². The molecule has 2 aromatic heterocycles. The zero-order chi connectivity index (χ0) is 15.9. The molecule has 0 saturated heterocycles. The van der Waals surface area contributed by atoms with Crippen molar-refractivity contribution >= 4 is 28.0 Å². The van der Waals surface area contributed by atoms with E-state index in [2.05, 4.69) is 9.97 Å². The normalized spacial score (nSPS) is 10.8. The number of aryl methyl sites for hydroxylation is 1. The molecular formula is C14H9ClN4O3. The van der Waals surface area contributed by atoms with Crippen molar-refractivity contribution in [3.8, 4) is 5.69 Å². The number of benzene rings is 1. The van der Waals surface area contributed by atoms with Crippen molar-refractivity contribution in [2.75, 3.05) is 0 Å². The number of halogens is 1. The van der Waals surface area contributed by atoms with Crippen LogP contribution < -0.4 is 11.2 Å². The van der Waals surface area contributed by atoms with E-state index in [0.717, 1.165) is 4.57 Å². The molecule has 0 radical (unpaired) electrons. The first-order chi connectivity index (χ1) is 10.5. The molecule has 3 aromatic rings. The summed E-state index contributed by atoms with van der Waals surface area (Å²) in [6.07, 6.45) is 2.79. The van der Waals surface area contributed by atoms with Gasteiger partial charge in [0.25, 0.3) is 10.8 Å². The Morgan fingerprint density at radius 3 is 2.36 bits per heavy atom. The van der Waals surface area contributed by atoms with Crippen LogP contribution >= 0.6 is 11.6 Å². The first-order valence-corrected chi connectivity index (χ1v) is 6.61. The fourth-order valence-electron chi connectivity index (χ4n) is 2.13. The maximum absolute atomic E-state index is 12.5. The number of hydrogen-bond donors (Lipinski definition) is 0. The lowest BCUT2D eigenvalue weighted by atomic mass is 10.2. The van der Waals surface area contributed by atoms with Gasteiger partial charge in [0, 0.05) is 25.0 Å². The average Bonchev–Trinajstić information content (AvgIpc) is 2.53. The molecule has 2 heterocycles. The SMILES string of the molecule is Cn1c(=O)n(-c2ccc(C(=O)Cl)cc2)c(=O)c2nccnc21. The van der Waals surface area contributed by atoms with Gasteiger partial charge in [0.1, 0.15) is 0 Å². The monoisotopic (exact) mass is 316 g/mol. The Bertz CT molecular complexity index is 1010. The van der Waals surface area contributed by atoms with E-state index in [1.165, 1.54) is 48.3 Å². The molecule has 8 heteroatoms. The van der Waals surface area contributed by atoms with Crippen LogP contribution in [0.25, 0.3) is 16.9 Å². The number of aromatic nitrogens is 4. The number of carbonyl (C=O) groups excluding carboxylic acids is 1. The molecule has 0 bridgehead atoms. The highest BCUT2D eigenvalue weighted by Gasteiger charge is 2.14. The Labute approximate surface area is 128 Å². The van der Waals surface area contributed by atoms with Gasteiger partial charge in [-0.15, -0.1) is 0 Å². The van der Waals surface area contributed by atoms with E-state index in [1.807, 2.05) is 0 Å². The molecule has 0 amide bonds. The standard InChI is InChI=1S/C14H9ClN4O3/c1-18-12-10(16-6-7-17-12)13(21)19(14(18)22)9-4-2-8(3-5-9)11(15)20/h2-7H,1H3. The van der Waals surface area contributed by atoms with Crippen LogP contribution in [0.4, 0.5) is 0 Å². The molecule has 7 nitrogen and oxygen atoms in total. The summed E-state index contributed by atoms with van der Waals surface area (Å²) in [4.78, 5) is 43.9. The van der Waals surface area contributed by atoms with Crippen molar-refractivity contribution < 1.29 is 4.79 Å². The maximum atomic E-state index is 12.5. The maximum Gasteiger partial charge on any atom is 0.337 e. The number of carbonyl (C=O) groups is 1. The Balaban J connectivity index is 2.34. The van der Waals surface area contributed by atoms with Crippen molar-refractivity contribution in [2.24, 2.45) is 7.05 Å². The molecule has 110 valence electrons. The molecule has 0 saturated carbocycles. The first-order valence-electron chi connectivity index (χ1n) is 6.23. The van der Waals surface area contributed by atoms with E-state index >= 15 is 0 Å². The zero-order valence-electron chi connectivity index (χ0n) is 11.4. The predicted octanol–water partition coefficient (Wildman–Crippen LogP) is 0.858. The van der Waals surface area contributed by atoms with E-state index < -0.39 is 16.5 Å². The Hall–Kier alpha value is -2.80. The summed E-state index contributed by atoms with van der Waals surface area (Å²) in [5, 5.41) is -0.615. The van der Waals surface area contributed by atoms with Gasteiger partial charge in [-0.2, -0.15) is 0 Å². The Morgan fingerprint density at radius 1 is 1.09 bits per heavy atom. The van der Waals surface area contributed by atoms with Crippen molar-refractivity contribution in [2.45, 2.75) is 0 Å². The quantitative estimate of drug-likeness (QED) is 0.654. The third-order valence-corrected chi connectivity index (χ3v) is 3.45. The van der Waals surface area contributed by atoms with Crippen LogP contribution in [0.3, 0.4) is 0 Å². The van der Waals surface area contributed by atoms with Gasteiger partial charge >= 0.3 is 5.69 Å². The fourth-order valence-corrected chi connectivity index (χ4v) is 2.26. The third-order valence-electron chi connectivity index (χ3n) is 3.23. The van der Waals surface area contributed by atoms with Crippen molar-refractivity contribution in [3.05, 3.63) is 63.1 Å². The van der Waals surface area contributed by atoms with Crippen LogP contribution in [0.2, 0.25) is 0 Å². The van der Waals surface area contributed by atoms with E-state index in [-0.39, 0.29) is 16.7 Å². The molecule has 1 aromatic carbocycles. The average molecular weight is 317 g/mol. The van der Waals surface area contributed by atoms with Gasteiger partial charge in [0.05, 0.1) is 5.69 Å². The minimum atomic E-state index is -0.615. The molecule has 3 rings (SSSR count). The van der Waals surface area contributed by atoms with Crippen LogP contribution in [0, 0.1) is 0 Å². The summed E-state index contributed by atoms with van der Waals surface area (Å²) >= 11 is 5.38. The minimum absolute atomic E-state index is 0.0853. The van der Waals surface area contributed by atoms with E-state index in [1.54, 1.807) is 0 Å². The Morgan fingerprint density at radius 2 is 1.73 bits per heavy atom. The highest BCUT2D eigenvalue weighted by Crippen LogP contribution is 2.09. The lowest BCUT2D eigenvalue weighted by Crippen LogP contribution is -2.38. The highest BCUT2D eigenvalue weighted by molar-refractivity contribution is 6.67. The van der Waals surface area contributed by atoms with Gasteiger partial charge in [0.2, 0.25) is 0 Å². The van der Waals surface area contributed by atoms with E-state index in [9.17, 15) is 14.4 Å². The Kier molecular flexibility index (Phi) is 3.34. The van der Waals surface area contributed by atoms with Gasteiger partial charge in [-0.25, -0.2) is 19.3 Å². The molecule has 0 atom stereocenters. The molecular weight excluding hydrogens is 308 g/mol. The molecule has 22 heavy (non-hydrogen) atoms. The van der Waals surface area contributed by atoms with Gasteiger partial charge in [-0.3, -0.25) is 14.2 Å². The summed E-state index contributed by atoms with van der Waals surface area (Å²) < 4.78 is 2.21. The van der Waals surface area contributed by atoms with Gasteiger partial charge in [0.15, 0.2) is 11.2 Å². The lowest BCUT2D eigenvalue weighted by molar-refractivity contribution is 0.108. The second kappa shape index (κ2) is 5.19. The largest absolute Gasteiger partial charge is 0.337 e. The van der Waals surface area contributed by atoms with Crippen LogP contribution in [-0.4, -0.2) is 24.3 Å². The topological polar surface area (TPSA) is 86.9 Å². The van der Waals surface area contributed by atoms with Crippen molar-refractivity contribution in [1.82, 2.24) is 19.1 Å². The molecule has 0 spiro atoms. The number of rotatable bonds is 2. The number of nitrogens with zero attached hydrogens (tertiary/aromatic N) is 4. The predicted molar refractivity (Wildman–Crippen MR) is 80.6 cm³/mol. The lowest BCUT2D eigenvalue weighted by Gasteiger charge is -2.09. The molecule has 0 unspecified atom stereocenters. The molecule has 0 aliphatic carbocycles. The van der Waals surface area contributed by atoms with Gasteiger partial charge in [-0.05, 0) is 35.9 Å². The van der Waals surface area contributed by atoms with Gasteiger partial charge < -0.3 is 0 Å². The number of fused-ring (bicyclic) bond motifs is 1. The zero-order valence-corrected chi connectivity index (χ0v) is 12.1. The van der Waals surface area contributed by atoms with Gasteiger partial charge in [-0.1, -0.05) is 0 Å². The van der Waals surface area contributed by atoms with Crippen LogP contribution in [-0.2, 0) is 7.05 Å². The second-order valence-corrected chi connectivity index (χ2v) is 4.87. The molecule has 0 fully saturated rings. The highest BCUT2D eigenvalue weighted by atomic mass is 35.5. The number of hydrogen-bond acceptors (Lipinski definition) is 5. The van der Waals surface area contributed by atoms with E-state index in [4.69, 9.17) is 11.6 Å². The second-order valence-electron chi connectivity index (χ2n) is 4.53. The van der Waals surface area contributed by atoms with E-state index in [0.29, 0.717) is 5.69 Å². The summed E-state index contributed by atoms with van der Waals surface area (Å²) in [6.45, 7) is 0.